The van der Waals surface area contributed by atoms with Crippen LogP contribution in [0.5, 0.6) is 0 Å². The number of nitrogens with zero attached hydrogens (tertiary/aromatic N) is 1. The average molecular weight is 304 g/mol. The van der Waals surface area contributed by atoms with E-state index in [1.54, 1.807) is 11.8 Å². The summed E-state index contributed by atoms with van der Waals surface area (Å²) in [6.45, 7) is 8.87. The van der Waals surface area contributed by atoms with Crippen molar-refractivity contribution in [3.05, 3.63) is 35.4 Å². The molecule has 1 rings (SSSR count). The van der Waals surface area contributed by atoms with Gasteiger partial charge in [-0.15, -0.1) is 0 Å². The van der Waals surface area contributed by atoms with E-state index in [4.69, 9.17) is 0 Å². The third-order valence-electron chi connectivity index (χ3n) is 3.90. The quantitative estimate of drug-likeness (QED) is 0.750. The second kappa shape index (κ2) is 9.23. The van der Waals surface area contributed by atoms with E-state index < -0.39 is 6.04 Å². The zero-order valence-corrected chi connectivity index (χ0v) is 14.2. The van der Waals surface area contributed by atoms with Crippen molar-refractivity contribution in [3.8, 4) is 0 Å². The smallest absolute Gasteiger partial charge is 0.242 e. The average Bonchev–Trinajstić information content (AvgIpc) is 2.53. The molecule has 1 atom stereocenters. The van der Waals surface area contributed by atoms with Crippen LogP contribution in [0.1, 0.15) is 51.2 Å². The van der Waals surface area contributed by atoms with Gasteiger partial charge in [0, 0.05) is 19.5 Å². The van der Waals surface area contributed by atoms with Gasteiger partial charge in [0.1, 0.15) is 6.04 Å². The molecule has 0 aliphatic heterocycles. The highest BCUT2D eigenvalue weighted by atomic mass is 16.2. The number of unbranched alkanes of at least 4 members (excludes halogenated alkanes) is 1. The van der Waals surface area contributed by atoms with Crippen LogP contribution in [-0.4, -0.2) is 29.3 Å². The fourth-order valence-corrected chi connectivity index (χ4v) is 2.29. The van der Waals surface area contributed by atoms with Gasteiger partial charge in [-0.25, -0.2) is 0 Å². The molecule has 122 valence electrons. The Bertz CT molecular complexity index is 500. The predicted octanol–water partition coefficient (Wildman–Crippen LogP) is 3.04. The highest BCUT2D eigenvalue weighted by Gasteiger charge is 2.25. The number of benzene rings is 1. The summed E-state index contributed by atoms with van der Waals surface area (Å²) in [5.74, 6) is -0.0785. The molecule has 1 N–H and O–H groups in total. The number of amides is 2. The maximum absolute atomic E-state index is 12.2. The van der Waals surface area contributed by atoms with Crippen LogP contribution in [0.25, 0.3) is 0 Å². The van der Waals surface area contributed by atoms with Crippen LogP contribution in [0.4, 0.5) is 0 Å². The molecule has 0 fully saturated rings. The molecule has 0 saturated carbocycles. The first-order chi connectivity index (χ1) is 10.5. The number of nitrogens with one attached hydrogen (secondary N) is 1. The van der Waals surface area contributed by atoms with Gasteiger partial charge in [0.15, 0.2) is 0 Å². The molecule has 0 aromatic heterocycles. The van der Waals surface area contributed by atoms with E-state index in [2.05, 4.69) is 12.2 Å². The lowest BCUT2D eigenvalue weighted by Gasteiger charge is -2.29. The topological polar surface area (TPSA) is 49.4 Å². The second-order valence-electron chi connectivity index (χ2n) is 5.62. The highest BCUT2D eigenvalue weighted by Crippen LogP contribution is 2.14. The number of carbonyl (C=O) groups excluding carboxylic acids is 2. The van der Waals surface area contributed by atoms with Gasteiger partial charge in [0.2, 0.25) is 11.8 Å². The molecule has 0 spiro atoms. The summed E-state index contributed by atoms with van der Waals surface area (Å²) >= 11 is 0. The van der Waals surface area contributed by atoms with Crippen molar-refractivity contribution in [2.75, 3.05) is 6.54 Å². The molecule has 2 amide bonds. The number of rotatable bonds is 8. The molecule has 1 aromatic carbocycles. The zero-order valence-electron chi connectivity index (χ0n) is 14.2. The first-order valence-electron chi connectivity index (χ1n) is 8.12. The Morgan fingerprint density at radius 3 is 2.50 bits per heavy atom. The Labute approximate surface area is 133 Å². The molecule has 1 aromatic rings. The molecule has 0 saturated heterocycles. The first-order valence-corrected chi connectivity index (χ1v) is 8.12. The highest BCUT2D eigenvalue weighted by molar-refractivity contribution is 5.87. The van der Waals surface area contributed by atoms with Crippen molar-refractivity contribution in [3.63, 3.8) is 0 Å². The summed E-state index contributed by atoms with van der Waals surface area (Å²) in [6.07, 6.45) is 2.39. The van der Waals surface area contributed by atoms with Crippen molar-refractivity contribution in [2.45, 2.75) is 59.5 Å². The van der Waals surface area contributed by atoms with Gasteiger partial charge < -0.3 is 10.2 Å². The van der Waals surface area contributed by atoms with E-state index in [1.165, 1.54) is 0 Å². The Hall–Kier alpha value is -1.84. The van der Waals surface area contributed by atoms with Crippen LogP contribution in [0, 0.1) is 6.92 Å². The monoisotopic (exact) mass is 304 g/mol. The van der Waals surface area contributed by atoms with Crippen LogP contribution >= 0.6 is 0 Å². The van der Waals surface area contributed by atoms with Gasteiger partial charge in [0.25, 0.3) is 0 Å². The largest absolute Gasteiger partial charge is 0.354 e. The van der Waals surface area contributed by atoms with Crippen molar-refractivity contribution in [2.24, 2.45) is 0 Å². The molecule has 4 heteroatoms. The summed E-state index contributed by atoms with van der Waals surface area (Å²) in [5.41, 5.74) is 2.22. The summed E-state index contributed by atoms with van der Waals surface area (Å²) in [6, 6.07) is 7.52. The van der Waals surface area contributed by atoms with Crippen molar-refractivity contribution in [1.29, 1.82) is 0 Å². The van der Waals surface area contributed by atoms with E-state index >= 15 is 0 Å². The maximum Gasteiger partial charge on any atom is 0.242 e. The Kier molecular flexibility index (Phi) is 7.64. The summed E-state index contributed by atoms with van der Waals surface area (Å²) in [5, 5.41) is 2.91. The van der Waals surface area contributed by atoms with E-state index in [9.17, 15) is 9.59 Å². The minimum absolute atomic E-state index is 0.00129. The fraction of sp³-hybridized carbons (Fsp3) is 0.556. The summed E-state index contributed by atoms with van der Waals surface area (Å²) in [4.78, 5) is 26.2. The van der Waals surface area contributed by atoms with Crippen LogP contribution in [-0.2, 0) is 16.1 Å². The molecule has 0 aliphatic carbocycles. The SMILES string of the molecule is CCCCNC(=O)C(C)N(Cc1ccccc1C)C(=O)CC. The minimum Gasteiger partial charge on any atom is -0.354 e. The molecule has 1 unspecified atom stereocenters. The number of hydrogen-bond donors (Lipinski definition) is 1. The molecule has 0 bridgehead atoms. The molecular formula is C18H28N2O2. The number of hydrogen-bond acceptors (Lipinski definition) is 2. The predicted molar refractivity (Wildman–Crippen MR) is 89.4 cm³/mol. The lowest BCUT2D eigenvalue weighted by molar-refractivity contribution is -0.140. The van der Waals surface area contributed by atoms with Crippen molar-refractivity contribution < 1.29 is 9.59 Å². The molecule has 0 aliphatic rings. The van der Waals surface area contributed by atoms with E-state index in [-0.39, 0.29) is 11.8 Å². The summed E-state index contributed by atoms with van der Waals surface area (Å²) in [7, 11) is 0. The summed E-state index contributed by atoms with van der Waals surface area (Å²) < 4.78 is 0. The van der Waals surface area contributed by atoms with Crippen LogP contribution < -0.4 is 5.32 Å². The molecular weight excluding hydrogens is 276 g/mol. The number of aryl methyl sites for hydroxylation is 1. The van der Waals surface area contributed by atoms with Crippen LogP contribution in [0.2, 0.25) is 0 Å². The van der Waals surface area contributed by atoms with Gasteiger partial charge in [-0.2, -0.15) is 0 Å². The van der Waals surface area contributed by atoms with Crippen LogP contribution in [0.3, 0.4) is 0 Å². The van der Waals surface area contributed by atoms with E-state index in [1.807, 2.05) is 38.1 Å². The molecule has 4 nitrogen and oxygen atoms in total. The lowest BCUT2D eigenvalue weighted by Crippen LogP contribution is -2.47. The molecule has 0 radical (unpaired) electrons. The second-order valence-corrected chi connectivity index (χ2v) is 5.62. The Morgan fingerprint density at radius 1 is 1.23 bits per heavy atom. The van der Waals surface area contributed by atoms with Gasteiger partial charge in [-0.3, -0.25) is 9.59 Å². The molecule has 0 heterocycles. The maximum atomic E-state index is 12.2. The van der Waals surface area contributed by atoms with Crippen LogP contribution in [0.15, 0.2) is 24.3 Å². The normalized spacial score (nSPS) is 11.8. The fourth-order valence-electron chi connectivity index (χ4n) is 2.29. The van der Waals surface area contributed by atoms with Gasteiger partial charge in [-0.05, 0) is 31.4 Å². The third kappa shape index (κ3) is 5.17. The molecule has 22 heavy (non-hydrogen) atoms. The van der Waals surface area contributed by atoms with E-state index in [0.717, 1.165) is 24.0 Å². The lowest BCUT2D eigenvalue weighted by atomic mass is 10.1. The van der Waals surface area contributed by atoms with Crippen molar-refractivity contribution in [1.82, 2.24) is 10.2 Å². The Morgan fingerprint density at radius 2 is 1.91 bits per heavy atom. The Balaban J connectivity index is 2.82. The zero-order chi connectivity index (χ0) is 16.5. The third-order valence-corrected chi connectivity index (χ3v) is 3.90. The van der Waals surface area contributed by atoms with Crippen molar-refractivity contribution >= 4 is 11.8 Å². The van der Waals surface area contributed by atoms with E-state index in [0.29, 0.717) is 19.5 Å². The minimum atomic E-state index is -0.455. The first kappa shape index (κ1) is 18.2. The van der Waals surface area contributed by atoms with Gasteiger partial charge in [-0.1, -0.05) is 44.5 Å². The standard InChI is InChI=1S/C18H28N2O2/c1-5-7-12-19-18(22)15(4)20(17(21)6-2)13-16-11-9-8-10-14(16)3/h8-11,15H,5-7,12-13H2,1-4H3,(H,19,22). The number of carbonyl (C=O) groups is 2. The van der Waals surface area contributed by atoms with Gasteiger partial charge in [0.05, 0.1) is 0 Å². The van der Waals surface area contributed by atoms with Gasteiger partial charge >= 0.3 is 0 Å².